The highest BCUT2D eigenvalue weighted by Gasteiger charge is 2.21. The minimum atomic E-state index is -0.666. The fourth-order valence-corrected chi connectivity index (χ4v) is 3.45. The van der Waals surface area contributed by atoms with E-state index in [0.29, 0.717) is 27.6 Å². The second kappa shape index (κ2) is 10.6. The van der Waals surface area contributed by atoms with Crippen LogP contribution in [-0.4, -0.2) is 24.5 Å². The molecule has 1 aromatic heterocycles. The average Bonchev–Trinajstić information content (AvgIpc) is 2.77. The van der Waals surface area contributed by atoms with Gasteiger partial charge in [0, 0.05) is 24.8 Å². The van der Waals surface area contributed by atoms with Crippen LogP contribution in [0.4, 0.5) is 0 Å². The SMILES string of the molecule is CCOC(=O)Cc1c(-c2ccccc2)c2cc(COC(C)=O)c(COC(C)=O)cc2oc1=O. The Labute approximate surface area is 190 Å². The van der Waals surface area contributed by atoms with Crippen molar-refractivity contribution in [1.29, 1.82) is 0 Å². The van der Waals surface area contributed by atoms with Crippen LogP contribution in [0.15, 0.2) is 51.7 Å². The molecule has 0 spiro atoms. The maximum absolute atomic E-state index is 12.9. The molecule has 0 aliphatic carbocycles. The van der Waals surface area contributed by atoms with E-state index in [1.165, 1.54) is 13.8 Å². The zero-order valence-electron chi connectivity index (χ0n) is 18.6. The molecule has 8 nitrogen and oxygen atoms in total. The summed E-state index contributed by atoms with van der Waals surface area (Å²) in [7, 11) is 0. The van der Waals surface area contributed by atoms with Crippen LogP contribution < -0.4 is 5.63 Å². The van der Waals surface area contributed by atoms with Gasteiger partial charge < -0.3 is 18.6 Å². The Balaban J connectivity index is 2.27. The first-order valence-corrected chi connectivity index (χ1v) is 10.4. The van der Waals surface area contributed by atoms with Gasteiger partial charge in [0.15, 0.2) is 0 Å². The van der Waals surface area contributed by atoms with Crippen molar-refractivity contribution in [2.24, 2.45) is 0 Å². The van der Waals surface area contributed by atoms with E-state index >= 15 is 0 Å². The van der Waals surface area contributed by atoms with Crippen LogP contribution in [-0.2, 0) is 48.2 Å². The summed E-state index contributed by atoms with van der Waals surface area (Å²) in [5.74, 6) is -1.50. The van der Waals surface area contributed by atoms with Crippen LogP contribution in [0.3, 0.4) is 0 Å². The molecule has 0 aliphatic rings. The molecule has 0 radical (unpaired) electrons. The first-order chi connectivity index (χ1) is 15.8. The molecule has 8 heteroatoms. The minimum absolute atomic E-state index is 0.0670. The largest absolute Gasteiger partial charge is 0.466 e. The van der Waals surface area contributed by atoms with Crippen molar-refractivity contribution in [3.8, 4) is 11.1 Å². The number of hydrogen-bond donors (Lipinski definition) is 0. The maximum atomic E-state index is 12.9. The van der Waals surface area contributed by atoms with E-state index in [1.54, 1.807) is 19.1 Å². The van der Waals surface area contributed by atoms with E-state index in [1.807, 2.05) is 30.3 Å². The van der Waals surface area contributed by atoms with E-state index in [9.17, 15) is 19.2 Å². The summed E-state index contributed by atoms with van der Waals surface area (Å²) in [5, 5.41) is 0.550. The summed E-state index contributed by atoms with van der Waals surface area (Å²) < 4.78 is 20.9. The fourth-order valence-electron chi connectivity index (χ4n) is 3.45. The number of ether oxygens (including phenoxy) is 3. The molecule has 0 saturated carbocycles. The first kappa shape index (κ1) is 23.7. The van der Waals surface area contributed by atoms with Crippen LogP contribution in [0, 0.1) is 0 Å². The fraction of sp³-hybridized carbons (Fsp3) is 0.280. The van der Waals surface area contributed by atoms with E-state index < -0.39 is 23.5 Å². The van der Waals surface area contributed by atoms with Gasteiger partial charge in [-0.3, -0.25) is 14.4 Å². The van der Waals surface area contributed by atoms with E-state index in [4.69, 9.17) is 18.6 Å². The Kier molecular flexibility index (Phi) is 7.61. The number of hydrogen-bond acceptors (Lipinski definition) is 8. The third-order valence-electron chi connectivity index (χ3n) is 4.87. The summed E-state index contributed by atoms with van der Waals surface area (Å²) in [5.41, 5.74) is 2.09. The van der Waals surface area contributed by atoms with Crippen molar-refractivity contribution < 1.29 is 33.0 Å². The number of rotatable bonds is 8. The molecule has 2 aromatic carbocycles. The second-order valence-corrected chi connectivity index (χ2v) is 7.27. The predicted octanol–water partition coefficient (Wildman–Crippen LogP) is 3.69. The smallest absolute Gasteiger partial charge is 0.340 e. The number of carbonyl (C=O) groups excluding carboxylic acids is 3. The lowest BCUT2D eigenvalue weighted by molar-refractivity contribution is -0.143. The van der Waals surface area contributed by atoms with Gasteiger partial charge in [-0.1, -0.05) is 30.3 Å². The molecule has 3 aromatic rings. The Morgan fingerprint density at radius 2 is 1.48 bits per heavy atom. The maximum Gasteiger partial charge on any atom is 0.340 e. The van der Waals surface area contributed by atoms with Crippen molar-refractivity contribution >= 4 is 28.9 Å². The van der Waals surface area contributed by atoms with Crippen molar-refractivity contribution in [1.82, 2.24) is 0 Å². The van der Waals surface area contributed by atoms with E-state index in [2.05, 4.69) is 0 Å². The zero-order chi connectivity index (χ0) is 24.0. The van der Waals surface area contributed by atoms with Crippen molar-refractivity contribution in [3.63, 3.8) is 0 Å². The third kappa shape index (κ3) is 5.85. The summed E-state index contributed by atoms with van der Waals surface area (Å²) in [6.07, 6.45) is -0.259. The molecule has 1 heterocycles. The monoisotopic (exact) mass is 452 g/mol. The number of carbonyl (C=O) groups is 3. The predicted molar refractivity (Wildman–Crippen MR) is 119 cm³/mol. The van der Waals surface area contributed by atoms with Gasteiger partial charge in [-0.05, 0) is 35.7 Å². The summed E-state index contributed by atoms with van der Waals surface area (Å²) in [6.45, 7) is 4.29. The van der Waals surface area contributed by atoms with E-state index in [0.717, 1.165) is 0 Å². The third-order valence-corrected chi connectivity index (χ3v) is 4.87. The normalized spacial score (nSPS) is 10.6. The zero-order valence-corrected chi connectivity index (χ0v) is 18.6. The van der Waals surface area contributed by atoms with E-state index in [-0.39, 0.29) is 37.4 Å². The highest BCUT2D eigenvalue weighted by Crippen LogP contribution is 2.33. The summed E-state index contributed by atoms with van der Waals surface area (Å²) in [6, 6.07) is 12.4. The van der Waals surface area contributed by atoms with Crippen molar-refractivity contribution in [3.05, 3.63) is 69.6 Å². The molecule has 0 saturated heterocycles. The molecule has 0 amide bonds. The number of esters is 3. The van der Waals surface area contributed by atoms with Gasteiger partial charge in [0.25, 0.3) is 0 Å². The van der Waals surface area contributed by atoms with Gasteiger partial charge >= 0.3 is 23.5 Å². The van der Waals surface area contributed by atoms with Crippen LogP contribution >= 0.6 is 0 Å². The van der Waals surface area contributed by atoms with Gasteiger partial charge in [-0.15, -0.1) is 0 Å². The molecule has 172 valence electrons. The highest BCUT2D eigenvalue weighted by atomic mass is 16.5. The molecule has 0 bridgehead atoms. The van der Waals surface area contributed by atoms with Crippen LogP contribution in [0.5, 0.6) is 0 Å². The molecule has 3 rings (SSSR count). The van der Waals surface area contributed by atoms with Gasteiger partial charge in [0.05, 0.1) is 18.6 Å². The molecule has 0 atom stereocenters. The Hall–Kier alpha value is -3.94. The van der Waals surface area contributed by atoms with Gasteiger partial charge in [-0.2, -0.15) is 0 Å². The lowest BCUT2D eigenvalue weighted by Gasteiger charge is -2.15. The molecule has 0 aliphatic heterocycles. The summed E-state index contributed by atoms with van der Waals surface area (Å²) in [4.78, 5) is 47.9. The van der Waals surface area contributed by atoms with Gasteiger partial charge in [0.2, 0.25) is 0 Å². The second-order valence-electron chi connectivity index (χ2n) is 7.27. The lowest BCUT2D eigenvalue weighted by Crippen LogP contribution is -2.17. The van der Waals surface area contributed by atoms with Crippen LogP contribution in [0.25, 0.3) is 22.1 Å². The summed E-state index contributed by atoms with van der Waals surface area (Å²) >= 11 is 0. The van der Waals surface area contributed by atoms with Gasteiger partial charge in [0.1, 0.15) is 18.8 Å². The molecule has 0 unspecified atom stereocenters. The molecular weight excluding hydrogens is 428 g/mol. The van der Waals surface area contributed by atoms with Crippen molar-refractivity contribution in [2.45, 2.75) is 40.4 Å². The standard InChI is InChI=1S/C25H24O8/c1-4-30-23(28)12-21-24(17-8-6-5-7-9-17)20-10-18(13-31-15(2)26)19(14-32-16(3)27)11-22(20)33-25(21)29/h5-11H,4,12-14H2,1-3H3. The molecule has 0 fully saturated rings. The van der Waals surface area contributed by atoms with Crippen LogP contribution in [0.2, 0.25) is 0 Å². The Bertz CT molecular complexity index is 1240. The topological polar surface area (TPSA) is 109 Å². The average molecular weight is 452 g/mol. The van der Waals surface area contributed by atoms with Crippen LogP contribution in [0.1, 0.15) is 37.5 Å². The number of benzene rings is 2. The molecule has 0 N–H and O–H groups in total. The highest BCUT2D eigenvalue weighted by molar-refractivity contribution is 5.97. The Morgan fingerprint density at radius 1 is 0.879 bits per heavy atom. The minimum Gasteiger partial charge on any atom is -0.466 e. The van der Waals surface area contributed by atoms with Gasteiger partial charge in [-0.25, -0.2) is 4.79 Å². The Morgan fingerprint density at radius 3 is 2.06 bits per heavy atom. The lowest BCUT2D eigenvalue weighted by atomic mass is 9.93. The molecular formula is C25H24O8. The molecule has 33 heavy (non-hydrogen) atoms. The van der Waals surface area contributed by atoms with Crippen molar-refractivity contribution in [2.75, 3.05) is 6.61 Å². The first-order valence-electron chi connectivity index (χ1n) is 10.4. The quantitative estimate of drug-likeness (QED) is 0.289. The number of fused-ring (bicyclic) bond motifs is 1.